The smallest absolute Gasteiger partial charge is 0.131 e. The van der Waals surface area contributed by atoms with E-state index in [1.807, 2.05) is 0 Å². The lowest BCUT2D eigenvalue weighted by atomic mass is 9.42. The SMILES string of the molecule is Cc1cccc2c1-c1c(C)cccc1C1(c3ccccc3Oc3ccccc31)C21c2ccccc2Oc2ccccc21. The minimum absolute atomic E-state index is 0.670. The average molecular weight is 541 g/mol. The van der Waals surface area contributed by atoms with Gasteiger partial charge in [0.1, 0.15) is 23.0 Å². The van der Waals surface area contributed by atoms with Crippen LogP contribution in [-0.2, 0) is 10.8 Å². The molecular formula is C40H28O2. The molecule has 0 aromatic heterocycles. The fourth-order valence-corrected chi connectivity index (χ4v) is 8.41. The van der Waals surface area contributed by atoms with Crippen LogP contribution < -0.4 is 9.47 Å². The van der Waals surface area contributed by atoms with E-state index in [0.717, 1.165) is 45.3 Å². The molecule has 0 atom stereocenters. The van der Waals surface area contributed by atoms with Crippen LogP contribution in [0.3, 0.4) is 0 Å². The van der Waals surface area contributed by atoms with Gasteiger partial charge in [-0.25, -0.2) is 0 Å². The number of benzene rings is 6. The first-order valence-corrected chi connectivity index (χ1v) is 14.6. The number of hydrogen-bond donors (Lipinski definition) is 0. The number of rotatable bonds is 0. The van der Waals surface area contributed by atoms with Gasteiger partial charge >= 0.3 is 0 Å². The van der Waals surface area contributed by atoms with Crippen LogP contribution in [0.2, 0.25) is 0 Å². The maximum absolute atomic E-state index is 6.74. The standard InChI is InChI=1S/C40H28O2/c1-25-13-11-19-31-37(25)38-26(2)14-12-20-32(38)40(29-17-5-9-23-35(29)42-36-24-10-6-18-30(36)40)39(31)27-15-3-7-21-33(27)41-34-22-8-4-16-28(34)39/h3-24H,1-2H3. The second-order valence-electron chi connectivity index (χ2n) is 11.7. The summed E-state index contributed by atoms with van der Waals surface area (Å²) in [5.41, 5.74) is 11.0. The Morgan fingerprint density at radius 2 is 0.619 bits per heavy atom. The summed E-state index contributed by atoms with van der Waals surface area (Å²) < 4.78 is 13.5. The third kappa shape index (κ3) is 2.62. The molecule has 0 saturated carbocycles. The van der Waals surface area contributed by atoms with Crippen molar-refractivity contribution in [2.75, 3.05) is 0 Å². The molecule has 0 saturated heterocycles. The molecule has 0 bridgehead atoms. The van der Waals surface area contributed by atoms with Crippen molar-refractivity contribution in [3.8, 4) is 34.1 Å². The van der Waals surface area contributed by atoms with Crippen molar-refractivity contribution in [3.05, 3.63) is 178 Å². The Labute approximate surface area is 245 Å². The summed E-state index contributed by atoms with van der Waals surface area (Å²) in [4.78, 5) is 0. The first kappa shape index (κ1) is 23.6. The molecule has 0 radical (unpaired) electrons. The van der Waals surface area contributed by atoms with E-state index in [4.69, 9.17) is 9.47 Å². The molecule has 0 unspecified atom stereocenters. The Kier molecular flexibility index (Phi) is 4.63. The molecule has 200 valence electrons. The van der Waals surface area contributed by atoms with Gasteiger partial charge in [0.25, 0.3) is 0 Å². The van der Waals surface area contributed by atoms with Crippen LogP contribution in [0.15, 0.2) is 133 Å². The summed E-state index contributed by atoms with van der Waals surface area (Å²) in [6, 6.07) is 48.2. The van der Waals surface area contributed by atoms with Crippen LogP contribution in [0.25, 0.3) is 11.1 Å². The summed E-state index contributed by atoms with van der Waals surface area (Å²) >= 11 is 0. The largest absolute Gasteiger partial charge is 0.457 e. The van der Waals surface area contributed by atoms with Crippen molar-refractivity contribution < 1.29 is 9.47 Å². The second kappa shape index (κ2) is 8.24. The van der Waals surface area contributed by atoms with E-state index in [0.29, 0.717) is 0 Å². The Balaban J connectivity index is 1.65. The summed E-state index contributed by atoms with van der Waals surface area (Å²) in [6.45, 7) is 4.51. The van der Waals surface area contributed by atoms with Crippen molar-refractivity contribution >= 4 is 0 Å². The Hall–Kier alpha value is -5.08. The lowest BCUT2D eigenvalue weighted by molar-refractivity contribution is 0.319. The predicted molar refractivity (Wildman–Crippen MR) is 167 cm³/mol. The summed E-state index contributed by atoms with van der Waals surface area (Å²) in [6.07, 6.45) is 0. The van der Waals surface area contributed by atoms with Crippen LogP contribution in [0.4, 0.5) is 0 Å². The Bertz CT molecular complexity index is 1840. The van der Waals surface area contributed by atoms with Crippen LogP contribution in [0, 0.1) is 13.8 Å². The van der Waals surface area contributed by atoms with Gasteiger partial charge in [-0.3, -0.25) is 0 Å². The molecule has 0 amide bonds. The molecule has 6 aromatic rings. The highest BCUT2D eigenvalue weighted by Gasteiger charge is 2.66. The van der Waals surface area contributed by atoms with Gasteiger partial charge < -0.3 is 9.47 Å². The van der Waals surface area contributed by atoms with Gasteiger partial charge in [0, 0.05) is 22.3 Å². The number of fused-ring (bicyclic) bond motifs is 14. The molecule has 2 nitrogen and oxygen atoms in total. The van der Waals surface area contributed by atoms with E-state index in [-0.39, 0.29) is 0 Å². The van der Waals surface area contributed by atoms with Crippen LogP contribution in [-0.4, -0.2) is 0 Å². The van der Waals surface area contributed by atoms with Gasteiger partial charge in [0.15, 0.2) is 0 Å². The molecule has 1 aliphatic carbocycles. The molecular weight excluding hydrogens is 512 g/mol. The molecule has 2 heterocycles. The average Bonchev–Trinajstić information content (AvgIpc) is 3.03. The fourth-order valence-electron chi connectivity index (χ4n) is 8.41. The highest BCUT2D eigenvalue weighted by Crippen LogP contribution is 2.72. The van der Waals surface area contributed by atoms with Crippen molar-refractivity contribution in [3.63, 3.8) is 0 Å². The highest BCUT2D eigenvalue weighted by atomic mass is 16.5. The van der Waals surface area contributed by atoms with E-state index in [1.165, 1.54) is 33.4 Å². The molecule has 42 heavy (non-hydrogen) atoms. The molecule has 3 aliphatic rings. The van der Waals surface area contributed by atoms with Crippen LogP contribution in [0.1, 0.15) is 44.5 Å². The number of hydrogen-bond acceptors (Lipinski definition) is 2. The first-order chi connectivity index (χ1) is 20.7. The third-order valence-electron chi connectivity index (χ3n) is 9.77. The highest BCUT2D eigenvalue weighted by molar-refractivity contribution is 5.91. The summed E-state index contributed by atoms with van der Waals surface area (Å²) in [5, 5.41) is 0. The lowest BCUT2D eigenvalue weighted by Crippen LogP contribution is -2.56. The number of aryl methyl sites for hydroxylation is 2. The molecule has 0 fully saturated rings. The maximum Gasteiger partial charge on any atom is 0.131 e. The van der Waals surface area contributed by atoms with Crippen molar-refractivity contribution in [2.45, 2.75) is 24.7 Å². The normalized spacial score (nSPS) is 15.7. The van der Waals surface area contributed by atoms with E-state index >= 15 is 0 Å². The second-order valence-corrected chi connectivity index (χ2v) is 11.7. The van der Waals surface area contributed by atoms with Crippen molar-refractivity contribution in [1.29, 1.82) is 0 Å². The minimum atomic E-state index is -0.670. The van der Waals surface area contributed by atoms with E-state index in [1.54, 1.807) is 0 Å². The third-order valence-corrected chi connectivity index (χ3v) is 9.77. The lowest BCUT2D eigenvalue weighted by Gasteiger charge is -2.59. The minimum Gasteiger partial charge on any atom is -0.457 e. The Morgan fingerprint density at radius 3 is 0.952 bits per heavy atom. The zero-order chi connectivity index (χ0) is 28.1. The van der Waals surface area contributed by atoms with Gasteiger partial charge in [0.2, 0.25) is 0 Å². The first-order valence-electron chi connectivity index (χ1n) is 14.6. The van der Waals surface area contributed by atoms with Crippen LogP contribution in [0.5, 0.6) is 23.0 Å². The van der Waals surface area contributed by atoms with Crippen LogP contribution >= 0.6 is 0 Å². The molecule has 6 aromatic carbocycles. The molecule has 2 heteroatoms. The van der Waals surface area contributed by atoms with Crippen molar-refractivity contribution in [1.82, 2.24) is 0 Å². The van der Waals surface area contributed by atoms with Gasteiger partial charge in [-0.2, -0.15) is 0 Å². The Morgan fingerprint density at radius 1 is 0.333 bits per heavy atom. The quantitative estimate of drug-likeness (QED) is 0.191. The fraction of sp³-hybridized carbons (Fsp3) is 0.100. The molecule has 0 N–H and O–H groups in total. The number of ether oxygens (including phenoxy) is 2. The van der Waals surface area contributed by atoms with E-state index in [9.17, 15) is 0 Å². The topological polar surface area (TPSA) is 18.5 Å². The van der Waals surface area contributed by atoms with Crippen molar-refractivity contribution in [2.24, 2.45) is 0 Å². The van der Waals surface area contributed by atoms with Gasteiger partial charge in [-0.15, -0.1) is 0 Å². The molecule has 9 rings (SSSR count). The molecule has 2 spiro atoms. The summed E-state index contributed by atoms with van der Waals surface area (Å²) in [5.74, 6) is 3.56. The van der Waals surface area contributed by atoms with Gasteiger partial charge in [-0.1, -0.05) is 109 Å². The zero-order valence-corrected chi connectivity index (χ0v) is 23.5. The molecule has 2 aliphatic heterocycles. The maximum atomic E-state index is 6.74. The van der Waals surface area contributed by atoms with E-state index in [2.05, 4.69) is 147 Å². The number of para-hydroxylation sites is 4. The predicted octanol–water partition coefficient (Wildman–Crippen LogP) is 9.86. The van der Waals surface area contributed by atoms with E-state index < -0.39 is 10.8 Å². The van der Waals surface area contributed by atoms with Gasteiger partial charge in [0.05, 0.1) is 10.8 Å². The zero-order valence-electron chi connectivity index (χ0n) is 23.5. The van der Waals surface area contributed by atoms with Gasteiger partial charge in [-0.05, 0) is 71.5 Å². The monoisotopic (exact) mass is 540 g/mol. The summed E-state index contributed by atoms with van der Waals surface area (Å²) in [7, 11) is 0.